The smallest absolute Gasteiger partial charge is 0.442 e. The van der Waals surface area contributed by atoms with Gasteiger partial charge in [-0.25, -0.2) is 0 Å². The summed E-state index contributed by atoms with van der Waals surface area (Å²) in [6.45, 7) is 1.89. The van der Waals surface area contributed by atoms with Crippen LogP contribution < -0.4 is 29.6 Å². The standard InChI is InChI=1S/C4H5N2.Na/c1-4-5-2-3-6-4;/h2H,1H3,(H,5,6);/q-1;+1. The average Bonchev–Trinajstić information content (AvgIpc) is 1.86. The Labute approximate surface area is 64.6 Å². The molecule has 1 rings (SSSR count). The minimum atomic E-state index is 0. The van der Waals surface area contributed by atoms with E-state index in [9.17, 15) is 0 Å². The Morgan fingerprint density at radius 2 is 2.57 bits per heavy atom. The number of nitrogens with one attached hydrogen (secondary N) is 1. The molecule has 0 aromatic carbocycles. The number of aromatic nitrogens is 2. The van der Waals surface area contributed by atoms with E-state index in [1.165, 1.54) is 0 Å². The van der Waals surface area contributed by atoms with Crippen molar-refractivity contribution in [2.75, 3.05) is 0 Å². The number of nitrogens with zero attached hydrogens (tertiary/aromatic N) is 1. The maximum atomic E-state index is 3.74. The first-order chi connectivity index (χ1) is 2.89. The van der Waals surface area contributed by atoms with Crippen molar-refractivity contribution in [3.05, 3.63) is 18.2 Å². The summed E-state index contributed by atoms with van der Waals surface area (Å²) in [7, 11) is 0. The summed E-state index contributed by atoms with van der Waals surface area (Å²) >= 11 is 0. The molecule has 0 radical (unpaired) electrons. The molecular formula is C4H5N2Na. The molecule has 0 unspecified atom stereocenters. The number of hydrogen-bond donors (Lipinski definition) is 1. The van der Waals surface area contributed by atoms with Gasteiger partial charge in [0.15, 0.2) is 0 Å². The fraction of sp³-hybridized carbons (Fsp3) is 0.250. The van der Waals surface area contributed by atoms with Crippen LogP contribution in [-0.4, -0.2) is 9.97 Å². The third-order valence-corrected chi connectivity index (χ3v) is 0.578. The van der Waals surface area contributed by atoms with E-state index >= 15 is 0 Å². The van der Waals surface area contributed by atoms with Crippen molar-refractivity contribution in [1.29, 1.82) is 0 Å². The molecule has 0 aliphatic carbocycles. The van der Waals surface area contributed by atoms with Gasteiger partial charge in [0.2, 0.25) is 0 Å². The molecule has 1 N–H and O–H groups in total. The van der Waals surface area contributed by atoms with Crippen molar-refractivity contribution in [2.45, 2.75) is 6.92 Å². The first-order valence-electron chi connectivity index (χ1n) is 1.77. The van der Waals surface area contributed by atoms with Crippen LogP contribution in [0, 0.1) is 13.1 Å². The summed E-state index contributed by atoms with van der Waals surface area (Å²) < 4.78 is 0. The Kier molecular flexibility index (Phi) is 3.34. The largest absolute Gasteiger partial charge is 1.00 e. The molecule has 0 amide bonds. The van der Waals surface area contributed by atoms with Crippen molar-refractivity contribution < 1.29 is 29.6 Å². The average molecular weight is 104 g/mol. The molecule has 0 spiro atoms. The number of rotatable bonds is 0. The Morgan fingerprint density at radius 3 is 2.71 bits per heavy atom. The van der Waals surface area contributed by atoms with E-state index in [1.54, 1.807) is 6.20 Å². The molecule has 0 atom stereocenters. The fourth-order valence-corrected chi connectivity index (χ4v) is 0.298. The molecule has 0 saturated heterocycles. The predicted octanol–water partition coefficient (Wildman–Crippen LogP) is -2.48. The Bertz CT molecular complexity index is 113. The zero-order valence-corrected chi connectivity index (χ0v) is 6.52. The van der Waals surface area contributed by atoms with E-state index in [0.717, 1.165) is 5.82 Å². The van der Waals surface area contributed by atoms with Crippen molar-refractivity contribution >= 4 is 0 Å². The molecule has 0 fully saturated rings. The quantitative estimate of drug-likeness (QED) is 0.286. The molecule has 32 valence electrons. The van der Waals surface area contributed by atoms with Gasteiger partial charge in [-0.2, -0.15) is 0 Å². The van der Waals surface area contributed by atoms with Gasteiger partial charge in [-0.1, -0.05) is 18.9 Å². The van der Waals surface area contributed by atoms with E-state index < -0.39 is 0 Å². The Balaban J connectivity index is 0.000000360. The molecule has 0 aliphatic rings. The maximum Gasteiger partial charge on any atom is 1.00 e. The second-order valence-electron chi connectivity index (χ2n) is 1.11. The minimum absolute atomic E-state index is 0. The van der Waals surface area contributed by atoms with Crippen LogP contribution in [0.3, 0.4) is 0 Å². The van der Waals surface area contributed by atoms with Gasteiger partial charge in [0, 0.05) is 0 Å². The molecule has 1 heterocycles. The summed E-state index contributed by atoms with van der Waals surface area (Å²) in [4.78, 5) is 6.57. The van der Waals surface area contributed by atoms with E-state index in [1.807, 2.05) is 6.92 Å². The molecule has 3 heteroatoms. The van der Waals surface area contributed by atoms with E-state index in [4.69, 9.17) is 0 Å². The Morgan fingerprint density at radius 1 is 1.86 bits per heavy atom. The van der Waals surface area contributed by atoms with Crippen LogP contribution >= 0.6 is 0 Å². The fourth-order valence-electron chi connectivity index (χ4n) is 0.298. The maximum absolute atomic E-state index is 3.74. The van der Waals surface area contributed by atoms with Crippen LogP contribution in [0.25, 0.3) is 0 Å². The molecule has 2 nitrogen and oxygen atoms in total. The summed E-state index contributed by atoms with van der Waals surface area (Å²) in [5.74, 6) is 0.912. The Hall–Kier alpha value is 0.210. The number of H-pyrrole nitrogens is 1. The van der Waals surface area contributed by atoms with Crippen LogP contribution in [0.15, 0.2) is 6.20 Å². The molecule has 1 aromatic rings. The van der Waals surface area contributed by atoms with Crippen molar-refractivity contribution in [3.63, 3.8) is 0 Å². The molecular weight excluding hydrogens is 99.0 g/mol. The molecule has 0 aliphatic heterocycles. The molecule has 1 aromatic heterocycles. The van der Waals surface area contributed by atoms with Crippen molar-refractivity contribution in [1.82, 2.24) is 9.97 Å². The van der Waals surface area contributed by atoms with Crippen LogP contribution in [0.5, 0.6) is 0 Å². The van der Waals surface area contributed by atoms with Gasteiger partial charge in [-0.3, -0.25) is 0 Å². The van der Waals surface area contributed by atoms with Crippen LogP contribution in [0.2, 0.25) is 0 Å². The first-order valence-corrected chi connectivity index (χ1v) is 1.77. The van der Waals surface area contributed by atoms with Crippen LogP contribution in [-0.2, 0) is 0 Å². The molecule has 7 heavy (non-hydrogen) atoms. The number of imidazole rings is 1. The number of aryl methyl sites for hydroxylation is 1. The number of aromatic amines is 1. The van der Waals surface area contributed by atoms with Crippen molar-refractivity contribution in [3.8, 4) is 0 Å². The summed E-state index contributed by atoms with van der Waals surface area (Å²) in [5, 5.41) is 0. The van der Waals surface area contributed by atoms with Crippen molar-refractivity contribution in [2.24, 2.45) is 0 Å². The minimum Gasteiger partial charge on any atom is -0.442 e. The second-order valence-corrected chi connectivity index (χ2v) is 1.11. The topological polar surface area (TPSA) is 28.7 Å². The van der Waals surface area contributed by atoms with Crippen LogP contribution in [0.4, 0.5) is 0 Å². The third kappa shape index (κ3) is 2.12. The van der Waals surface area contributed by atoms with Gasteiger partial charge in [0.25, 0.3) is 0 Å². The molecule has 0 saturated carbocycles. The van der Waals surface area contributed by atoms with Gasteiger partial charge < -0.3 is 9.97 Å². The normalized spacial score (nSPS) is 7.57. The second kappa shape index (κ2) is 3.24. The zero-order valence-electron chi connectivity index (χ0n) is 4.52. The number of hydrogen-bond acceptors (Lipinski definition) is 1. The van der Waals surface area contributed by atoms with E-state index in [2.05, 4.69) is 16.2 Å². The monoisotopic (exact) mass is 104 g/mol. The van der Waals surface area contributed by atoms with E-state index in [0.29, 0.717) is 0 Å². The summed E-state index contributed by atoms with van der Waals surface area (Å²) in [6, 6.07) is 0. The first kappa shape index (κ1) is 7.21. The van der Waals surface area contributed by atoms with Gasteiger partial charge in [0.1, 0.15) is 0 Å². The van der Waals surface area contributed by atoms with Crippen LogP contribution in [0.1, 0.15) is 5.82 Å². The van der Waals surface area contributed by atoms with E-state index in [-0.39, 0.29) is 29.6 Å². The zero-order chi connectivity index (χ0) is 4.41. The van der Waals surface area contributed by atoms with Gasteiger partial charge in [0.05, 0.1) is 0 Å². The van der Waals surface area contributed by atoms with Gasteiger partial charge >= 0.3 is 29.6 Å². The van der Waals surface area contributed by atoms with Gasteiger partial charge in [-0.15, -0.1) is 6.20 Å². The predicted molar refractivity (Wildman–Crippen MR) is 22.2 cm³/mol. The SMILES string of the molecule is Cc1n[c-]c[nH]1.[Na+]. The molecule has 0 bridgehead atoms. The van der Waals surface area contributed by atoms with Gasteiger partial charge in [-0.05, 0) is 0 Å². The summed E-state index contributed by atoms with van der Waals surface area (Å²) in [6.07, 6.45) is 4.30. The third-order valence-electron chi connectivity index (χ3n) is 0.578. The summed E-state index contributed by atoms with van der Waals surface area (Å²) in [5.41, 5.74) is 0.